The van der Waals surface area contributed by atoms with Crippen LogP contribution in [-0.2, 0) is 4.79 Å². The minimum Gasteiger partial charge on any atom is -0.299 e. The molecule has 1 nitrogen and oxygen atoms in total. The molecule has 0 aromatic heterocycles. The van der Waals surface area contributed by atoms with E-state index in [9.17, 15) is 4.79 Å². The van der Waals surface area contributed by atoms with Crippen LogP contribution in [0.25, 0.3) is 0 Å². The lowest BCUT2D eigenvalue weighted by Crippen LogP contribution is -2.15. The van der Waals surface area contributed by atoms with Crippen molar-refractivity contribution in [2.75, 3.05) is 0 Å². The van der Waals surface area contributed by atoms with Crippen molar-refractivity contribution in [3.05, 3.63) is 47.5 Å². The van der Waals surface area contributed by atoms with E-state index in [1.165, 1.54) is 0 Å². The summed E-state index contributed by atoms with van der Waals surface area (Å²) in [4.78, 5) is 10.3. The Bertz CT molecular complexity index is 312. The monoisotopic (exact) mass is 252 g/mol. The lowest BCUT2D eigenvalue weighted by Gasteiger charge is -2.26. The molecule has 1 atom stereocenters. The summed E-state index contributed by atoms with van der Waals surface area (Å²) in [6, 6.07) is 0. The average Bonchev–Trinajstić information content (AvgIpc) is 2.20. The predicted octanol–water partition coefficient (Wildman–Crippen LogP) is 3.54. The maximum atomic E-state index is 10.3. The van der Waals surface area contributed by atoms with Gasteiger partial charge in [0.05, 0.1) is 0 Å². The highest BCUT2D eigenvalue weighted by Crippen LogP contribution is 2.36. The van der Waals surface area contributed by atoms with Gasteiger partial charge in [0.2, 0.25) is 0 Å². The molecule has 1 aliphatic carbocycles. The molecule has 0 radical (unpaired) electrons. The van der Waals surface area contributed by atoms with E-state index in [2.05, 4.69) is 34.7 Å². The Morgan fingerprint density at radius 2 is 2.43 bits per heavy atom. The van der Waals surface area contributed by atoms with Gasteiger partial charge in [-0.05, 0) is 18.9 Å². The van der Waals surface area contributed by atoms with Crippen molar-refractivity contribution in [2.24, 2.45) is 5.41 Å². The fraction of sp³-hybridized carbons (Fsp3) is 0.250. The molecule has 0 aromatic rings. The highest BCUT2D eigenvalue weighted by atomic mass is 79.9. The third-order valence-electron chi connectivity index (χ3n) is 2.28. The molecular formula is C12H13BrO. The lowest BCUT2D eigenvalue weighted by atomic mass is 9.78. The molecule has 2 heteroatoms. The highest BCUT2D eigenvalue weighted by Gasteiger charge is 2.23. The van der Waals surface area contributed by atoms with Crippen LogP contribution in [0.4, 0.5) is 0 Å². The SMILES string of the molecule is C=CCC1(C=CC=O)C=CC(Br)=CC1. The van der Waals surface area contributed by atoms with Gasteiger partial charge < -0.3 is 0 Å². The van der Waals surface area contributed by atoms with Crippen molar-refractivity contribution in [2.45, 2.75) is 12.8 Å². The van der Waals surface area contributed by atoms with E-state index >= 15 is 0 Å². The maximum Gasteiger partial charge on any atom is 0.142 e. The molecule has 0 N–H and O–H groups in total. The van der Waals surface area contributed by atoms with Crippen molar-refractivity contribution in [3.63, 3.8) is 0 Å². The number of rotatable bonds is 4. The molecule has 0 saturated carbocycles. The standard InChI is InChI=1S/C12H13BrO/c1-2-6-12(7-3-10-14)8-4-11(13)5-9-12/h2-5,7-8,10H,1,6,9H2. The van der Waals surface area contributed by atoms with Gasteiger partial charge in [-0.15, -0.1) is 6.58 Å². The minimum absolute atomic E-state index is 0.0556. The van der Waals surface area contributed by atoms with Crippen molar-refractivity contribution >= 4 is 22.2 Å². The van der Waals surface area contributed by atoms with Crippen LogP contribution >= 0.6 is 15.9 Å². The van der Waals surface area contributed by atoms with Crippen LogP contribution in [0.3, 0.4) is 0 Å². The summed E-state index contributed by atoms with van der Waals surface area (Å²) in [5.41, 5.74) is -0.0556. The van der Waals surface area contributed by atoms with Crippen molar-refractivity contribution in [1.82, 2.24) is 0 Å². The van der Waals surface area contributed by atoms with Crippen molar-refractivity contribution < 1.29 is 4.79 Å². The molecule has 14 heavy (non-hydrogen) atoms. The van der Waals surface area contributed by atoms with E-state index in [4.69, 9.17) is 0 Å². The molecule has 0 aromatic carbocycles. The molecule has 0 aliphatic heterocycles. The van der Waals surface area contributed by atoms with E-state index in [-0.39, 0.29) is 5.41 Å². The summed E-state index contributed by atoms with van der Waals surface area (Å²) >= 11 is 3.41. The van der Waals surface area contributed by atoms with Gasteiger partial charge in [-0.1, -0.05) is 46.3 Å². The second kappa shape index (κ2) is 5.11. The van der Waals surface area contributed by atoms with Crippen LogP contribution in [0, 0.1) is 5.41 Å². The first kappa shape index (κ1) is 11.2. The minimum atomic E-state index is -0.0556. The lowest BCUT2D eigenvalue weighted by molar-refractivity contribution is -0.104. The van der Waals surface area contributed by atoms with Gasteiger partial charge in [0.1, 0.15) is 6.29 Å². The van der Waals surface area contributed by atoms with Crippen LogP contribution in [-0.4, -0.2) is 6.29 Å². The zero-order chi connectivity index (χ0) is 10.4. The Morgan fingerprint density at radius 3 is 2.93 bits per heavy atom. The number of aldehydes is 1. The van der Waals surface area contributed by atoms with E-state index in [1.807, 2.05) is 18.2 Å². The second-order valence-electron chi connectivity index (χ2n) is 3.35. The fourth-order valence-electron chi connectivity index (χ4n) is 1.51. The van der Waals surface area contributed by atoms with E-state index in [0.29, 0.717) is 0 Å². The van der Waals surface area contributed by atoms with Crippen molar-refractivity contribution in [3.8, 4) is 0 Å². The first-order chi connectivity index (χ1) is 6.72. The molecule has 0 heterocycles. The van der Waals surface area contributed by atoms with Gasteiger partial charge in [-0.2, -0.15) is 0 Å². The normalized spacial score (nSPS) is 26.2. The summed E-state index contributed by atoms with van der Waals surface area (Å²) < 4.78 is 1.09. The number of hydrogen-bond donors (Lipinski definition) is 0. The molecule has 1 unspecified atom stereocenters. The Morgan fingerprint density at radius 1 is 1.64 bits per heavy atom. The van der Waals surface area contributed by atoms with Gasteiger partial charge >= 0.3 is 0 Å². The molecule has 0 amide bonds. The summed E-state index contributed by atoms with van der Waals surface area (Å²) in [5, 5.41) is 0. The zero-order valence-corrected chi connectivity index (χ0v) is 9.53. The number of carbonyl (C=O) groups excluding carboxylic acids is 1. The van der Waals surface area contributed by atoms with Crippen molar-refractivity contribution in [1.29, 1.82) is 0 Å². The molecule has 0 spiro atoms. The Labute approximate surface area is 93.0 Å². The molecule has 74 valence electrons. The van der Waals surface area contributed by atoms with Gasteiger partial charge in [0.25, 0.3) is 0 Å². The number of carbonyl (C=O) groups is 1. The van der Waals surface area contributed by atoms with E-state index < -0.39 is 0 Å². The third-order valence-corrected chi connectivity index (χ3v) is 2.87. The first-order valence-corrected chi connectivity index (χ1v) is 5.30. The largest absolute Gasteiger partial charge is 0.299 e. The third kappa shape index (κ3) is 2.81. The van der Waals surface area contributed by atoms with E-state index in [1.54, 1.807) is 6.08 Å². The van der Waals surface area contributed by atoms with Crippen LogP contribution in [0.2, 0.25) is 0 Å². The highest BCUT2D eigenvalue weighted by molar-refractivity contribution is 9.11. The maximum absolute atomic E-state index is 10.3. The molecule has 1 aliphatic rings. The average molecular weight is 253 g/mol. The Balaban J connectivity index is 2.85. The second-order valence-corrected chi connectivity index (χ2v) is 4.26. The quantitative estimate of drug-likeness (QED) is 0.425. The van der Waals surface area contributed by atoms with Gasteiger partial charge in [0.15, 0.2) is 0 Å². The predicted molar refractivity (Wildman–Crippen MR) is 63.2 cm³/mol. The summed E-state index contributed by atoms with van der Waals surface area (Å²) in [7, 11) is 0. The molecule has 0 saturated heterocycles. The Hall–Kier alpha value is -0.890. The topological polar surface area (TPSA) is 17.1 Å². The zero-order valence-electron chi connectivity index (χ0n) is 7.95. The molecule has 1 rings (SSSR count). The summed E-state index contributed by atoms with van der Waals surface area (Å²) in [6.45, 7) is 3.74. The molecule has 0 fully saturated rings. The number of hydrogen-bond acceptors (Lipinski definition) is 1. The van der Waals surface area contributed by atoms with Crippen LogP contribution in [0.5, 0.6) is 0 Å². The van der Waals surface area contributed by atoms with Gasteiger partial charge in [-0.25, -0.2) is 0 Å². The van der Waals surface area contributed by atoms with Crippen LogP contribution in [0.15, 0.2) is 47.5 Å². The first-order valence-electron chi connectivity index (χ1n) is 4.51. The van der Waals surface area contributed by atoms with Crippen LogP contribution in [0.1, 0.15) is 12.8 Å². The molecular weight excluding hydrogens is 240 g/mol. The van der Waals surface area contributed by atoms with Gasteiger partial charge in [0, 0.05) is 9.90 Å². The summed E-state index contributed by atoms with van der Waals surface area (Å²) in [5.74, 6) is 0. The summed E-state index contributed by atoms with van der Waals surface area (Å²) in [6.07, 6.45) is 14.2. The number of allylic oxidation sites excluding steroid dienone is 7. The van der Waals surface area contributed by atoms with E-state index in [0.717, 1.165) is 23.6 Å². The molecule has 0 bridgehead atoms. The fourth-order valence-corrected chi connectivity index (χ4v) is 1.81. The van der Waals surface area contributed by atoms with Gasteiger partial charge in [-0.3, -0.25) is 4.79 Å². The Kier molecular flexibility index (Phi) is 4.08. The smallest absolute Gasteiger partial charge is 0.142 e. The number of halogens is 1. The van der Waals surface area contributed by atoms with Crippen LogP contribution < -0.4 is 0 Å².